The number of urea groups is 1. The summed E-state index contributed by atoms with van der Waals surface area (Å²) < 4.78 is 1.02. The van der Waals surface area contributed by atoms with Crippen LogP contribution in [0.3, 0.4) is 0 Å². The Labute approximate surface area is 159 Å². The Morgan fingerprint density at radius 3 is 2.40 bits per heavy atom. The predicted molar refractivity (Wildman–Crippen MR) is 109 cm³/mol. The lowest BCUT2D eigenvalue weighted by atomic mass is 9.86. The zero-order valence-electron chi connectivity index (χ0n) is 15.6. The van der Waals surface area contributed by atoms with E-state index < -0.39 is 0 Å². The molecule has 2 rings (SSSR count). The Balaban J connectivity index is 2.22. The highest BCUT2D eigenvalue weighted by Gasteiger charge is 2.22. The van der Waals surface area contributed by atoms with Gasteiger partial charge < -0.3 is 10.2 Å². The molecule has 0 aliphatic carbocycles. The number of rotatable bonds is 4. The highest BCUT2D eigenvalue weighted by atomic mass is 79.9. The van der Waals surface area contributed by atoms with Gasteiger partial charge in [-0.3, -0.25) is 0 Å². The van der Waals surface area contributed by atoms with Gasteiger partial charge in [-0.05, 0) is 48.6 Å². The third kappa shape index (κ3) is 5.33. The topological polar surface area (TPSA) is 32.3 Å². The number of benzene rings is 2. The smallest absolute Gasteiger partial charge is 0.318 e. The number of nitrogens with one attached hydrogen (secondary N) is 1. The van der Waals surface area contributed by atoms with Crippen LogP contribution < -0.4 is 5.32 Å². The molecule has 0 radical (unpaired) electrons. The molecular formula is C21H27BrN2O. The van der Waals surface area contributed by atoms with Gasteiger partial charge in [0.25, 0.3) is 0 Å². The molecule has 4 heteroatoms. The monoisotopic (exact) mass is 402 g/mol. The van der Waals surface area contributed by atoms with E-state index in [-0.39, 0.29) is 17.5 Å². The van der Waals surface area contributed by atoms with Crippen LogP contribution in [0.2, 0.25) is 0 Å². The van der Waals surface area contributed by atoms with Crippen molar-refractivity contribution in [1.29, 1.82) is 0 Å². The summed E-state index contributed by atoms with van der Waals surface area (Å²) in [6, 6.07) is 16.1. The molecule has 3 nitrogen and oxygen atoms in total. The fraction of sp³-hybridized carbons (Fsp3) is 0.381. The second kappa shape index (κ2) is 8.05. The summed E-state index contributed by atoms with van der Waals surface area (Å²) in [5.41, 5.74) is 3.08. The van der Waals surface area contributed by atoms with Crippen LogP contribution in [-0.4, -0.2) is 17.0 Å². The molecule has 1 N–H and O–H groups in total. The zero-order valence-corrected chi connectivity index (χ0v) is 17.2. The van der Waals surface area contributed by atoms with Gasteiger partial charge in [0.2, 0.25) is 0 Å². The number of hydrogen-bond donors (Lipinski definition) is 1. The summed E-state index contributed by atoms with van der Waals surface area (Å²) in [5, 5.41) is 3.11. The summed E-state index contributed by atoms with van der Waals surface area (Å²) in [5.74, 6) is 0. The van der Waals surface area contributed by atoms with E-state index in [2.05, 4.69) is 48.1 Å². The fourth-order valence-electron chi connectivity index (χ4n) is 2.75. The highest BCUT2D eigenvalue weighted by Crippen LogP contribution is 2.29. The number of para-hydroxylation sites is 1. The molecule has 0 aliphatic heterocycles. The molecule has 0 aromatic heterocycles. The number of halogens is 1. The van der Waals surface area contributed by atoms with Gasteiger partial charge in [0.15, 0.2) is 0 Å². The van der Waals surface area contributed by atoms with Gasteiger partial charge in [0.05, 0.1) is 0 Å². The summed E-state index contributed by atoms with van der Waals surface area (Å²) in [6.45, 7) is 11.1. The number of nitrogens with zero attached hydrogens (tertiary/aromatic N) is 1. The van der Waals surface area contributed by atoms with Crippen LogP contribution in [0.1, 0.15) is 45.7 Å². The van der Waals surface area contributed by atoms with Gasteiger partial charge in [-0.25, -0.2) is 4.79 Å². The Morgan fingerprint density at radius 1 is 1.12 bits per heavy atom. The van der Waals surface area contributed by atoms with Crippen LogP contribution >= 0.6 is 15.9 Å². The van der Waals surface area contributed by atoms with Crippen LogP contribution in [0.15, 0.2) is 53.0 Å². The molecule has 0 heterocycles. The van der Waals surface area contributed by atoms with Crippen molar-refractivity contribution in [3.05, 3.63) is 64.1 Å². The molecule has 134 valence electrons. The van der Waals surface area contributed by atoms with Gasteiger partial charge in [0.1, 0.15) is 0 Å². The van der Waals surface area contributed by atoms with E-state index in [0.29, 0.717) is 6.54 Å². The Hall–Kier alpha value is -1.81. The van der Waals surface area contributed by atoms with Gasteiger partial charge in [-0.2, -0.15) is 0 Å². The second-order valence-electron chi connectivity index (χ2n) is 7.58. The molecule has 25 heavy (non-hydrogen) atoms. The van der Waals surface area contributed by atoms with Gasteiger partial charge in [-0.15, -0.1) is 0 Å². The van der Waals surface area contributed by atoms with Crippen LogP contribution in [0.25, 0.3) is 0 Å². The van der Waals surface area contributed by atoms with E-state index in [0.717, 1.165) is 21.3 Å². The Morgan fingerprint density at radius 2 is 1.80 bits per heavy atom. The first-order chi connectivity index (χ1) is 11.7. The minimum absolute atomic E-state index is 0.0309. The molecule has 2 aromatic rings. The molecule has 2 amide bonds. The van der Waals surface area contributed by atoms with Gasteiger partial charge >= 0.3 is 6.03 Å². The summed E-state index contributed by atoms with van der Waals surface area (Å²) >= 11 is 3.49. The first-order valence-electron chi connectivity index (χ1n) is 8.60. The number of anilines is 1. The number of carbonyl (C=O) groups excluding carboxylic acids is 1. The molecule has 0 atom stereocenters. The van der Waals surface area contributed by atoms with Crippen molar-refractivity contribution in [2.24, 2.45) is 0 Å². The number of hydrogen-bond acceptors (Lipinski definition) is 1. The third-order valence-electron chi connectivity index (χ3n) is 4.10. The molecule has 0 saturated carbocycles. The van der Waals surface area contributed by atoms with Gasteiger partial charge in [-0.1, -0.05) is 67.0 Å². The fourth-order valence-corrected chi connectivity index (χ4v) is 3.20. The van der Waals surface area contributed by atoms with Crippen molar-refractivity contribution in [2.45, 2.75) is 52.6 Å². The standard InChI is InChI=1S/C21H27BrN2O/c1-15(2)24(14-16-9-8-10-17(22)13-16)20(25)23-19-12-7-6-11-18(19)21(3,4)5/h6-13,15H,14H2,1-5H3,(H,23,25). The number of carbonyl (C=O) groups is 1. The molecular weight excluding hydrogens is 376 g/mol. The van der Waals surface area contributed by atoms with E-state index >= 15 is 0 Å². The van der Waals surface area contributed by atoms with Gasteiger partial charge in [0, 0.05) is 22.7 Å². The van der Waals surface area contributed by atoms with Crippen LogP contribution in [0.4, 0.5) is 10.5 Å². The van der Waals surface area contributed by atoms with Crippen molar-refractivity contribution in [2.75, 3.05) is 5.32 Å². The van der Waals surface area contributed by atoms with Crippen LogP contribution in [-0.2, 0) is 12.0 Å². The zero-order chi connectivity index (χ0) is 18.6. The molecule has 0 saturated heterocycles. The van der Waals surface area contributed by atoms with E-state index in [1.54, 1.807) is 0 Å². The first kappa shape index (κ1) is 19.5. The van der Waals surface area contributed by atoms with E-state index in [1.807, 2.05) is 61.2 Å². The van der Waals surface area contributed by atoms with E-state index in [9.17, 15) is 4.79 Å². The predicted octanol–water partition coefficient (Wildman–Crippen LogP) is 6.19. The van der Waals surface area contributed by atoms with Crippen LogP contribution in [0, 0.1) is 0 Å². The molecule has 0 aliphatic rings. The highest BCUT2D eigenvalue weighted by molar-refractivity contribution is 9.10. The van der Waals surface area contributed by atoms with Crippen molar-refractivity contribution in [3.63, 3.8) is 0 Å². The molecule has 2 aromatic carbocycles. The largest absolute Gasteiger partial charge is 0.322 e. The molecule has 0 unspecified atom stereocenters. The lowest BCUT2D eigenvalue weighted by molar-refractivity contribution is 0.193. The van der Waals surface area contributed by atoms with Crippen molar-refractivity contribution >= 4 is 27.6 Å². The first-order valence-corrected chi connectivity index (χ1v) is 9.39. The molecule has 0 fully saturated rings. The summed E-state index contributed by atoms with van der Waals surface area (Å²) in [7, 11) is 0. The lowest BCUT2D eigenvalue weighted by Crippen LogP contribution is -2.39. The SMILES string of the molecule is CC(C)N(Cc1cccc(Br)c1)C(=O)Nc1ccccc1C(C)(C)C. The third-order valence-corrected chi connectivity index (χ3v) is 4.60. The number of amides is 2. The average Bonchev–Trinajstić information content (AvgIpc) is 2.51. The normalized spacial score (nSPS) is 11.5. The molecule has 0 bridgehead atoms. The van der Waals surface area contributed by atoms with Crippen molar-refractivity contribution in [3.8, 4) is 0 Å². The molecule has 0 spiro atoms. The maximum Gasteiger partial charge on any atom is 0.322 e. The quantitative estimate of drug-likeness (QED) is 0.649. The van der Waals surface area contributed by atoms with Crippen LogP contribution in [0.5, 0.6) is 0 Å². The Kier molecular flexibility index (Phi) is 6.28. The maximum absolute atomic E-state index is 12.9. The minimum atomic E-state index is -0.0772. The lowest BCUT2D eigenvalue weighted by Gasteiger charge is -2.29. The maximum atomic E-state index is 12.9. The van der Waals surface area contributed by atoms with Crippen molar-refractivity contribution < 1.29 is 4.79 Å². The summed E-state index contributed by atoms with van der Waals surface area (Å²) in [4.78, 5) is 14.8. The second-order valence-corrected chi connectivity index (χ2v) is 8.49. The summed E-state index contributed by atoms with van der Waals surface area (Å²) in [6.07, 6.45) is 0. The Bertz CT molecular complexity index is 735. The van der Waals surface area contributed by atoms with E-state index in [4.69, 9.17) is 0 Å². The minimum Gasteiger partial charge on any atom is -0.318 e. The van der Waals surface area contributed by atoms with Crippen molar-refractivity contribution in [1.82, 2.24) is 4.90 Å². The average molecular weight is 403 g/mol. The van der Waals surface area contributed by atoms with E-state index in [1.165, 1.54) is 0 Å².